The fraction of sp³-hybridized carbons (Fsp3) is 0.200. The Labute approximate surface area is 191 Å². The van der Waals surface area contributed by atoms with Crippen molar-refractivity contribution in [2.75, 3.05) is 0 Å². The molecule has 8 heteroatoms. The maximum absolute atomic E-state index is 12.8. The molecule has 4 aromatic rings. The monoisotopic (exact) mass is 465 g/mol. The summed E-state index contributed by atoms with van der Waals surface area (Å²) in [6.07, 6.45) is 0.825. The molecule has 7 nitrogen and oxygen atoms in total. The second-order valence-corrected chi connectivity index (χ2v) is 9.50. The highest BCUT2D eigenvalue weighted by atomic mass is 32.2. The number of ether oxygens (including phenoxy) is 1. The van der Waals surface area contributed by atoms with Crippen LogP contribution >= 0.6 is 0 Å². The molecule has 0 unspecified atom stereocenters. The van der Waals surface area contributed by atoms with Crippen molar-refractivity contribution in [3.8, 4) is 5.75 Å². The molecule has 4 rings (SSSR count). The normalized spacial score (nSPS) is 12.7. The second-order valence-electron chi connectivity index (χ2n) is 7.79. The van der Waals surface area contributed by atoms with E-state index in [1.807, 2.05) is 26.0 Å². The molecule has 33 heavy (non-hydrogen) atoms. The van der Waals surface area contributed by atoms with E-state index in [0.717, 1.165) is 10.9 Å². The SMILES string of the molecule is CCC[C@H](NS(=O)(=O)c1ccc(C)cc1)C(=O)Oc1ccc2c(c1)oc(=O)c1ccccc12. The third-order valence-electron chi connectivity index (χ3n) is 5.30. The minimum Gasteiger partial charge on any atom is -0.425 e. The van der Waals surface area contributed by atoms with E-state index in [0.29, 0.717) is 17.2 Å². The molecule has 1 heterocycles. The molecule has 0 aliphatic carbocycles. The third-order valence-corrected chi connectivity index (χ3v) is 6.79. The van der Waals surface area contributed by atoms with Crippen LogP contribution in [0.3, 0.4) is 0 Å². The van der Waals surface area contributed by atoms with Crippen molar-refractivity contribution in [1.82, 2.24) is 4.72 Å². The molecule has 0 bridgehead atoms. The molecule has 1 N–H and O–H groups in total. The van der Waals surface area contributed by atoms with E-state index in [1.165, 1.54) is 18.2 Å². The number of hydrogen-bond donors (Lipinski definition) is 1. The number of rotatable bonds is 7. The minimum absolute atomic E-state index is 0.0707. The molecule has 0 radical (unpaired) electrons. The molecule has 3 aromatic carbocycles. The van der Waals surface area contributed by atoms with E-state index in [2.05, 4.69) is 4.72 Å². The van der Waals surface area contributed by atoms with Gasteiger partial charge in [0.25, 0.3) is 0 Å². The fourth-order valence-electron chi connectivity index (χ4n) is 3.60. The predicted octanol–water partition coefficient (Wildman–Crippen LogP) is 4.31. The highest BCUT2D eigenvalue weighted by Gasteiger charge is 2.27. The molecular weight excluding hydrogens is 442 g/mol. The van der Waals surface area contributed by atoms with Crippen LogP contribution in [0.2, 0.25) is 0 Å². The first-order chi connectivity index (χ1) is 15.8. The van der Waals surface area contributed by atoms with Crippen LogP contribution in [0, 0.1) is 6.92 Å². The Morgan fingerprint density at radius 2 is 1.70 bits per heavy atom. The standard InChI is InChI=1S/C25H23NO6S/c1-3-6-22(26-33(29,30)18-12-9-16(2)10-13-18)25(28)31-17-11-14-20-19-7-4-5-8-21(19)24(27)32-23(20)15-17/h4-5,7-15,22,26H,3,6H2,1-2H3/t22-/m0/s1. The van der Waals surface area contributed by atoms with Crippen molar-refractivity contribution in [3.63, 3.8) is 0 Å². The Kier molecular flexibility index (Phi) is 6.31. The summed E-state index contributed by atoms with van der Waals surface area (Å²) in [5.74, 6) is -0.586. The molecule has 0 spiro atoms. The van der Waals surface area contributed by atoms with Crippen LogP contribution in [0.1, 0.15) is 25.3 Å². The molecule has 0 saturated heterocycles. The smallest absolute Gasteiger partial charge is 0.344 e. The zero-order chi connectivity index (χ0) is 23.6. The van der Waals surface area contributed by atoms with Gasteiger partial charge in [0.1, 0.15) is 17.4 Å². The predicted molar refractivity (Wildman–Crippen MR) is 126 cm³/mol. The Bertz CT molecular complexity index is 1490. The average molecular weight is 466 g/mol. The van der Waals surface area contributed by atoms with E-state index >= 15 is 0 Å². The third kappa shape index (κ3) is 4.81. The molecule has 0 fully saturated rings. The van der Waals surface area contributed by atoms with Crippen molar-refractivity contribution < 1.29 is 22.4 Å². The summed E-state index contributed by atoms with van der Waals surface area (Å²) in [6, 6.07) is 17.1. The number of benzene rings is 3. The maximum Gasteiger partial charge on any atom is 0.344 e. The number of hydrogen-bond acceptors (Lipinski definition) is 6. The number of fused-ring (bicyclic) bond motifs is 3. The number of sulfonamides is 1. The van der Waals surface area contributed by atoms with E-state index in [1.54, 1.807) is 36.4 Å². The number of aryl methyl sites for hydroxylation is 1. The van der Waals surface area contributed by atoms with Gasteiger partial charge < -0.3 is 9.15 Å². The van der Waals surface area contributed by atoms with E-state index in [4.69, 9.17) is 9.15 Å². The second kappa shape index (κ2) is 9.17. The Balaban J connectivity index is 1.60. The molecule has 0 aliphatic heterocycles. The van der Waals surface area contributed by atoms with Gasteiger partial charge in [-0.15, -0.1) is 0 Å². The van der Waals surface area contributed by atoms with Gasteiger partial charge >= 0.3 is 11.6 Å². The summed E-state index contributed by atoms with van der Waals surface area (Å²) >= 11 is 0. The fourth-order valence-corrected chi connectivity index (χ4v) is 4.82. The summed E-state index contributed by atoms with van der Waals surface area (Å²) in [5.41, 5.74) is 0.710. The molecule has 1 aromatic heterocycles. The van der Waals surface area contributed by atoms with E-state index < -0.39 is 27.7 Å². The highest BCUT2D eigenvalue weighted by molar-refractivity contribution is 7.89. The van der Waals surface area contributed by atoms with Crippen LogP contribution in [0.5, 0.6) is 5.75 Å². The molecule has 0 saturated carbocycles. The minimum atomic E-state index is -3.91. The van der Waals surface area contributed by atoms with Gasteiger partial charge in [-0.25, -0.2) is 18.0 Å². The van der Waals surface area contributed by atoms with Crippen LogP contribution < -0.4 is 15.1 Å². The first-order valence-corrected chi connectivity index (χ1v) is 12.0. The summed E-state index contributed by atoms with van der Waals surface area (Å²) < 4.78 is 38.8. The number of esters is 1. The number of carbonyl (C=O) groups excluding carboxylic acids is 1. The quantitative estimate of drug-likeness (QED) is 0.189. The molecule has 1 atom stereocenters. The maximum atomic E-state index is 12.8. The first-order valence-electron chi connectivity index (χ1n) is 10.5. The highest BCUT2D eigenvalue weighted by Crippen LogP contribution is 2.26. The zero-order valence-corrected chi connectivity index (χ0v) is 19.0. The summed E-state index contributed by atoms with van der Waals surface area (Å²) in [5, 5.41) is 1.90. The van der Waals surface area contributed by atoms with Crippen LogP contribution in [0.15, 0.2) is 80.8 Å². The molecule has 170 valence electrons. The van der Waals surface area contributed by atoms with Crippen molar-refractivity contribution in [2.24, 2.45) is 0 Å². The summed E-state index contributed by atoms with van der Waals surface area (Å²) in [6.45, 7) is 3.70. The first kappa shape index (κ1) is 22.7. The van der Waals surface area contributed by atoms with Gasteiger partial charge in [-0.2, -0.15) is 4.72 Å². The lowest BCUT2D eigenvalue weighted by atomic mass is 10.1. The molecule has 0 aliphatic rings. The van der Waals surface area contributed by atoms with Gasteiger partial charge in [0.15, 0.2) is 0 Å². The van der Waals surface area contributed by atoms with Crippen molar-refractivity contribution in [2.45, 2.75) is 37.6 Å². The lowest BCUT2D eigenvalue weighted by Gasteiger charge is -2.17. The topological polar surface area (TPSA) is 103 Å². The zero-order valence-electron chi connectivity index (χ0n) is 18.2. The van der Waals surface area contributed by atoms with Gasteiger partial charge in [-0.05, 0) is 49.1 Å². The lowest BCUT2D eigenvalue weighted by molar-refractivity contribution is -0.136. The van der Waals surface area contributed by atoms with E-state index in [9.17, 15) is 18.0 Å². The van der Waals surface area contributed by atoms with Crippen molar-refractivity contribution in [1.29, 1.82) is 0 Å². The van der Waals surface area contributed by atoms with Crippen LogP contribution in [0.25, 0.3) is 21.7 Å². The van der Waals surface area contributed by atoms with Crippen LogP contribution in [0.4, 0.5) is 0 Å². The Hall–Kier alpha value is -3.49. The molecular formula is C25H23NO6S. The van der Waals surface area contributed by atoms with Crippen LogP contribution in [-0.2, 0) is 14.8 Å². The lowest BCUT2D eigenvalue weighted by Crippen LogP contribution is -2.42. The van der Waals surface area contributed by atoms with Gasteiger partial charge in [0, 0.05) is 11.5 Å². The number of nitrogens with one attached hydrogen (secondary N) is 1. The van der Waals surface area contributed by atoms with Gasteiger partial charge in [0.2, 0.25) is 10.0 Å². The van der Waals surface area contributed by atoms with Gasteiger partial charge in [-0.3, -0.25) is 0 Å². The Morgan fingerprint density at radius 3 is 2.39 bits per heavy atom. The number of carbonyl (C=O) groups is 1. The van der Waals surface area contributed by atoms with Gasteiger partial charge in [0.05, 0.1) is 10.3 Å². The van der Waals surface area contributed by atoms with Gasteiger partial charge in [-0.1, -0.05) is 49.2 Å². The average Bonchev–Trinajstić information content (AvgIpc) is 2.79. The van der Waals surface area contributed by atoms with Crippen molar-refractivity contribution in [3.05, 3.63) is 82.7 Å². The molecule has 0 amide bonds. The largest absolute Gasteiger partial charge is 0.425 e. The van der Waals surface area contributed by atoms with E-state index in [-0.39, 0.29) is 22.6 Å². The Morgan fingerprint density at radius 1 is 1.00 bits per heavy atom. The summed E-state index contributed by atoms with van der Waals surface area (Å²) in [4.78, 5) is 25.2. The summed E-state index contributed by atoms with van der Waals surface area (Å²) in [7, 11) is -3.91. The van der Waals surface area contributed by atoms with Crippen LogP contribution in [-0.4, -0.2) is 20.4 Å². The van der Waals surface area contributed by atoms with Crippen molar-refractivity contribution >= 4 is 37.7 Å².